The fraction of sp³-hybridized carbons (Fsp3) is 0.125. The number of carbonyl (C=O) groups is 1. The lowest BCUT2D eigenvalue weighted by Gasteiger charge is -2.10. The van der Waals surface area contributed by atoms with Crippen LogP contribution in [0.25, 0.3) is 0 Å². The number of aromatic nitrogens is 1. The summed E-state index contributed by atoms with van der Waals surface area (Å²) in [5, 5.41) is 8.60. The molecule has 0 atom stereocenters. The van der Waals surface area contributed by atoms with E-state index >= 15 is 0 Å². The van der Waals surface area contributed by atoms with Crippen molar-refractivity contribution in [3.05, 3.63) is 17.3 Å². The monoisotopic (exact) mass is 231 g/mol. The zero-order valence-electron chi connectivity index (χ0n) is 7.58. The van der Waals surface area contributed by atoms with Gasteiger partial charge in [-0.05, 0) is 0 Å². The highest BCUT2D eigenvalue weighted by Crippen LogP contribution is 2.27. The molecular formula is C8H4F3N3O2. The number of pyridine rings is 1. The summed E-state index contributed by atoms with van der Waals surface area (Å²) in [6.07, 6.45) is -4.01. The Morgan fingerprint density at radius 1 is 1.56 bits per heavy atom. The number of hydrogen-bond donors (Lipinski definition) is 1. The van der Waals surface area contributed by atoms with Gasteiger partial charge in [-0.3, -0.25) is 4.79 Å². The molecule has 1 heterocycles. The number of alkyl halides is 3. The number of nitrogens with two attached hydrogens (primary N) is 1. The van der Waals surface area contributed by atoms with Crippen LogP contribution in [0.1, 0.15) is 15.9 Å². The predicted octanol–water partition coefficient (Wildman–Crippen LogP) is 1.25. The third-order valence-electron chi connectivity index (χ3n) is 1.56. The molecule has 0 fully saturated rings. The Labute approximate surface area is 87.3 Å². The van der Waals surface area contributed by atoms with Crippen LogP contribution in [-0.4, -0.2) is 17.6 Å². The first-order valence-corrected chi connectivity index (χ1v) is 3.78. The number of halogens is 3. The third-order valence-corrected chi connectivity index (χ3v) is 1.56. The molecule has 84 valence electrons. The molecule has 5 nitrogen and oxygen atoms in total. The van der Waals surface area contributed by atoms with E-state index in [1.165, 1.54) is 6.07 Å². The fourth-order valence-corrected chi connectivity index (χ4v) is 0.944. The van der Waals surface area contributed by atoms with E-state index in [-0.39, 0.29) is 17.5 Å². The highest BCUT2D eigenvalue weighted by Gasteiger charge is 2.33. The minimum Gasteiger partial charge on any atom is -0.397 e. The second-order valence-electron chi connectivity index (χ2n) is 2.58. The van der Waals surface area contributed by atoms with E-state index in [1.54, 1.807) is 0 Å². The number of nitriles is 1. The van der Waals surface area contributed by atoms with Crippen LogP contribution in [0.3, 0.4) is 0 Å². The molecule has 8 heteroatoms. The number of hydrogen-bond acceptors (Lipinski definition) is 5. The minimum atomic E-state index is -4.99. The summed E-state index contributed by atoms with van der Waals surface area (Å²) in [5.41, 5.74) is 4.04. The quantitative estimate of drug-likeness (QED) is 0.773. The molecule has 0 saturated heterocycles. The maximum Gasteiger partial charge on any atom is 0.574 e. The Kier molecular flexibility index (Phi) is 2.99. The van der Waals surface area contributed by atoms with Crippen LogP contribution in [0, 0.1) is 11.3 Å². The van der Waals surface area contributed by atoms with Gasteiger partial charge in [0.1, 0.15) is 11.6 Å². The summed E-state index contributed by atoms with van der Waals surface area (Å²) in [6, 6.07) is 1.38. The first-order valence-electron chi connectivity index (χ1n) is 3.78. The van der Waals surface area contributed by atoms with Gasteiger partial charge in [-0.15, -0.1) is 13.2 Å². The predicted molar refractivity (Wildman–Crippen MR) is 45.4 cm³/mol. The average Bonchev–Trinajstić information content (AvgIpc) is 2.18. The van der Waals surface area contributed by atoms with Crippen molar-refractivity contribution in [1.29, 1.82) is 5.26 Å². The number of rotatable bonds is 2. The summed E-state index contributed by atoms with van der Waals surface area (Å²) < 4.78 is 39.2. The van der Waals surface area contributed by atoms with Crippen molar-refractivity contribution >= 4 is 12.0 Å². The smallest absolute Gasteiger partial charge is 0.397 e. The Morgan fingerprint density at radius 2 is 2.19 bits per heavy atom. The average molecular weight is 231 g/mol. The molecule has 0 aliphatic rings. The van der Waals surface area contributed by atoms with Crippen LogP contribution < -0.4 is 10.5 Å². The van der Waals surface area contributed by atoms with E-state index in [9.17, 15) is 18.0 Å². The lowest BCUT2D eigenvalue weighted by Crippen LogP contribution is -2.19. The van der Waals surface area contributed by atoms with Crippen LogP contribution in [0.15, 0.2) is 6.20 Å². The van der Waals surface area contributed by atoms with Gasteiger partial charge in [-0.25, -0.2) is 4.98 Å². The molecule has 2 N–H and O–H groups in total. The zero-order chi connectivity index (χ0) is 12.3. The largest absolute Gasteiger partial charge is 0.574 e. The van der Waals surface area contributed by atoms with Gasteiger partial charge in [-0.1, -0.05) is 0 Å². The summed E-state index contributed by atoms with van der Waals surface area (Å²) >= 11 is 0. The van der Waals surface area contributed by atoms with Crippen molar-refractivity contribution in [2.45, 2.75) is 6.36 Å². The second kappa shape index (κ2) is 4.06. The number of nitrogens with zero attached hydrogens (tertiary/aromatic N) is 2. The second-order valence-corrected chi connectivity index (χ2v) is 2.58. The van der Waals surface area contributed by atoms with Gasteiger partial charge in [-0.2, -0.15) is 5.26 Å². The van der Waals surface area contributed by atoms with Gasteiger partial charge in [0.15, 0.2) is 6.29 Å². The van der Waals surface area contributed by atoms with Crippen molar-refractivity contribution in [2.75, 3.05) is 5.73 Å². The van der Waals surface area contributed by atoms with Crippen LogP contribution >= 0.6 is 0 Å². The fourth-order valence-electron chi connectivity index (χ4n) is 0.944. The van der Waals surface area contributed by atoms with Crippen molar-refractivity contribution in [1.82, 2.24) is 4.98 Å². The van der Waals surface area contributed by atoms with Crippen LogP contribution in [0.4, 0.5) is 18.9 Å². The summed E-state index contributed by atoms with van der Waals surface area (Å²) in [5.74, 6) is -0.994. The summed E-state index contributed by atoms with van der Waals surface area (Å²) in [6.45, 7) is 0. The number of carbonyl (C=O) groups excluding carboxylic acids is 1. The molecule has 1 aromatic heterocycles. The van der Waals surface area contributed by atoms with Crippen LogP contribution in [0.5, 0.6) is 5.88 Å². The Bertz CT molecular complexity index is 465. The number of aldehydes is 1. The lowest BCUT2D eigenvalue weighted by molar-refractivity contribution is -0.276. The molecule has 0 aromatic carbocycles. The zero-order valence-corrected chi connectivity index (χ0v) is 7.58. The molecule has 1 rings (SSSR count). The van der Waals surface area contributed by atoms with Crippen molar-refractivity contribution < 1.29 is 22.7 Å². The van der Waals surface area contributed by atoms with Gasteiger partial charge in [0, 0.05) is 0 Å². The van der Waals surface area contributed by atoms with E-state index in [0.717, 1.165) is 6.20 Å². The van der Waals surface area contributed by atoms with Crippen molar-refractivity contribution in [2.24, 2.45) is 0 Å². The lowest BCUT2D eigenvalue weighted by atomic mass is 10.1. The minimum absolute atomic E-state index is 0.165. The Hall–Kier alpha value is -2.30. The third kappa shape index (κ3) is 2.38. The van der Waals surface area contributed by atoms with Crippen molar-refractivity contribution in [3.8, 4) is 11.9 Å². The van der Waals surface area contributed by atoms with Crippen LogP contribution in [0.2, 0.25) is 0 Å². The molecule has 0 aliphatic heterocycles. The molecule has 0 radical (unpaired) electrons. The molecule has 0 saturated carbocycles. The number of nitrogen functional groups attached to an aromatic ring is 1. The molecule has 0 aliphatic carbocycles. The summed E-state index contributed by atoms with van der Waals surface area (Å²) in [7, 11) is 0. The Balaban J connectivity index is 3.32. The highest BCUT2D eigenvalue weighted by molar-refractivity contribution is 5.87. The van der Waals surface area contributed by atoms with Crippen molar-refractivity contribution in [3.63, 3.8) is 0 Å². The van der Waals surface area contributed by atoms with E-state index in [1.807, 2.05) is 0 Å². The molecule has 0 amide bonds. The first-order chi connectivity index (χ1) is 7.39. The topological polar surface area (TPSA) is 89.0 Å². The van der Waals surface area contributed by atoms with Gasteiger partial charge in [0.05, 0.1) is 17.4 Å². The maximum absolute atomic E-state index is 11.9. The SMILES string of the molecule is N#Cc1c(OC(F)(F)F)ncc(N)c1C=O. The molecule has 0 spiro atoms. The van der Waals surface area contributed by atoms with E-state index in [2.05, 4.69) is 9.72 Å². The molecule has 0 bridgehead atoms. The van der Waals surface area contributed by atoms with E-state index in [4.69, 9.17) is 11.0 Å². The summed E-state index contributed by atoms with van der Waals surface area (Å²) in [4.78, 5) is 13.7. The van der Waals surface area contributed by atoms with E-state index < -0.39 is 17.8 Å². The number of ether oxygens (including phenoxy) is 1. The molecule has 16 heavy (non-hydrogen) atoms. The van der Waals surface area contributed by atoms with E-state index in [0.29, 0.717) is 0 Å². The standard InChI is InChI=1S/C8H4F3N3O2/c9-8(10,11)16-7-4(1-12)5(3-15)6(13)2-14-7/h2-3H,13H2. The van der Waals surface area contributed by atoms with Gasteiger partial charge in [0.2, 0.25) is 5.88 Å². The highest BCUT2D eigenvalue weighted by atomic mass is 19.4. The molecular weight excluding hydrogens is 227 g/mol. The number of anilines is 1. The first kappa shape index (κ1) is 11.8. The molecule has 0 unspecified atom stereocenters. The molecule has 1 aromatic rings. The van der Waals surface area contributed by atoms with Gasteiger partial charge >= 0.3 is 6.36 Å². The Morgan fingerprint density at radius 3 is 2.62 bits per heavy atom. The maximum atomic E-state index is 11.9. The van der Waals surface area contributed by atoms with Crippen LogP contribution in [-0.2, 0) is 0 Å². The van der Waals surface area contributed by atoms with Gasteiger partial charge < -0.3 is 10.5 Å². The van der Waals surface area contributed by atoms with Gasteiger partial charge in [0.25, 0.3) is 0 Å². The normalized spacial score (nSPS) is 10.6.